The minimum Gasteiger partial charge on any atom is -0.485 e. The molecule has 1 unspecified atom stereocenters. The summed E-state index contributed by atoms with van der Waals surface area (Å²) in [6.07, 6.45) is 0.914. The number of hydrogen-bond donors (Lipinski definition) is 1. The van der Waals surface area contributed by atoms with Crippen LogP contribution in [0.5, 0.6) is 5.75 Å². The zero-order chi connectivity index (χ0) is 12.1. The molecule has 0 aliphatic carbocycles. The zero-order valence-electron chi connectivity index (χ0n) is 9.93. The summed E-state index contributed by atoms with van der Waals surface area (Å²) in [5, 5.41) is 2.07. The first kappa shape index (κ1) is 12.1. The molecule has 1 heterocycles. The minimum atomic E-state index is 0.0720. The molecule has 0 amide bonds. The molecule has 0 radical (unpaired) electrons. The molecule has 2 N–H and O–H groups in total. The van der Waals surface area contributed by atoms with Gasteiger partial charge in [0.1, 0.15) is 11.9 Å². The van der Waals surface area contributed by atoms with Crippen LogP contribution in [0.15, 0.2) is 41.8 Å². The highest BCUT2D eigenvalue weighted by Crippen LogP contribution is 2.27. The van der Waals surface area contributed by atoms with E-state index in [9.17, 15) is 0 Å². The molecule has 17 heavy (non-hydrogen) atoms. The Morgan fingerprint density at radius 1 is 1.24 bits per heavy atom. The molecule has 0 aliphatic rings. The van der Waals surface area contributed by atoms with Gasteiger partial charge in [0.2, 0.25) is 0 Å². The van der Waals surface area contributed by atoms with Crippen molar-refractivity contribution in [3.05, 3.63) is 52.2 Å². The van der Waals surface area contributed by atoms with E-state index in [1.54, 1.807) is 11.3 Å². The van der Waals surface area contributed by atoms with Crippen molar-refractivity contribution in [3.8, 4) is 5.75 Å². The lowest BCUT2D eigenvalue weighted by atomic mass is 10.2. The summed E-state index contributed by atoms with van der Waals surface area (Å²) in [7, 11) is 0. The first-order valence-corrected chi connectivity index (χ1v) is 6.64. The third kappa shape index (κ3) is 3.32. The predicted octanol–water partition coefficient (Wildman–Crippen LogP) is 3.53. The Labute approximate surface area is 106 Å². The topological polar surface area (TPSA) is 35.2 Å². The molecule has 3 heteroatoms. The third-order valence-corrected chi connectivity index (χ3v) is 3.55. The molecule has 0 bridgehead atoms. The van der Waals surface area contributed by atoms with Gasteiger partial charge in [-0.25, -0.2) is 0 Å². The monoisotopic (exact) mass is 247 g/mol. The van der Waals surface area contributed by atoms with Crippen molar-refractivity contribution in [3.63, 3.8) is 0 Å². The maximum absolute atomic E-state index is 5.98. The molecular formula is C14H17NOS. The summed E-state index contributed by atoms with van der Waals surface area (Å²) >= 11 is 1.71. The van der Waals surface area contributed by atoms with E-state index in [1.165, 1.54) is 10.4 Å². The van der Waals surface area contributed by atoms with Crippen LogP contribution in [-0.4, -0.2) is 6.54 Å². The quantitative estimate of drug-likeness (QED) is 0.877. The van der Waals surface area contributed by atoms with Crippen LogP contribution in [0.25, 0.3) is 0 Å². The van der Waals surface area contributed by atoms with Gasteiger partial charge in [0.25, 0.3) is 0 Å². The molecule has 1 aromatic heterocycles. The van der Waals surface area contributed by atoms with E-state index in [-0.39, 0.29) is 6.10 Å². The van der Waals surface area contributed by atoms with Crippen molar-refractivity contribution in [1.82, 2.24) is 0 Å². The molecule has 1 aromatic carbocycles. The van der Waals surface area contributed by atoms with Crippen LogP contribution in [-0.2, 0) is 0 Å². The number of thiophene rings is 1. The van der Waals surface area contributed by atoms with Crippen molar-refractivity contribution >= 4 is 11.3 Å². The Morgan fingerprint density at radius 3 is 2.59 bits per heavy atom. The van der Waals surface area contributed by atoms with Crippen molar-refractivity contribution in [2.75, 3.05) is 6.54 Å². The molecule has 0 saturated heterocycles. The minimum absolute atomic E-state index is 0.0720. The largest absolute Gasteiger partial charge is 0.485 e. The first-order chi connectivity index (χ1) is 8.29. The number of hydrogen-bond acceptors (Lipinski definition) is 3. The predicted molar refractivity (Wildman–Crippen MR) is 72.5 cm³/mol. The Balaban J connectivity index is 2.10. The molecular weight excluding hydrogens is 230 g/mol. The van der Waals surface area contributed by atoms with Crippen LogP contribution >= 0.6 is 11.3 Å². The summed E-state index contributed by atoms with van der Waals surface area (Å²) in [5.74, 6) is 0.905. The highest BCUT2D eigenvalue weighted by Gasteiger charge is 2.13. The average Bonchev–Trinajstić information content (AvgIpc) is 2.85. The molecule has 0 spiro atoms. The van der Waals surface area contributed by atoms with E-state index in [0.717, 1.165) is 12.2 Å². The van der Waals surface area contributed by atoms with Crippen LogP contribution in [0, 0.1) is 6.92 Å². The molecule has 2 nitrogen and oxygen atoms in total. The zero-order valence-corrected chi connectivity index (χ0v) is 10.7. The van der Waals surface area contributed by atoms with Gasteiger partial charge < -0.3 is 10.5 Å². The fraction of sp³-hybridized carbons (Fsp3) is 0.286. The number of aryl methyl sites for hydroxylation is 1. The third-order valence-electron chi connectivity index (χ3n) is 2.59. The summed E-state index contributed by atoms with van der Waals surface area (Å²) in [4.78, 5) is 1.23. The van der Waals surface area contributed by atoms with Gasteiger partial charge in [-0.3, -0.25) is 0 Å². The fourth-order valence-corrected chi connectivity index (χ4v) is 2.46. The second-order valence-corrected chi connectivity index (χ2v) is 4.99. The molecule has 2 rings (SSSR count). The van der Waals surface area contributed by atoms with Gasteiger partial charge in [-0.05, 0) is 37.0 Å². The van der Waals surface area contributed by atoms with Gasteiger partial charge in [-0.15, -0.1) is 11.3 Å². The second kappa shape index (κ2) is 5.84. The van der Waals surface area contributed by atoms with E-state index in [2.05, 4.69) is 30.5 Å². The summed E-state index contributed by atoms with van der Waals surface area (Å²) < 4.78 is 5.98. The van der Waals surface area contributed by atoms with Crippen molar-refractivity contribution in [2.45, 2.75) is 19.4 Å². The molecule has 0 saturated carbocycles. The van der Waals surface area contributed by atoms with E-state index < -0.39 is 0 Å². The maximum Gasteiger partial charge on any atom is 0.134 e. The fourth-order valence-electron chi connectivity index (χ4n) is 1.67. The lowest BCUT2D eigenvalue weighted by molar-refractivity contribution is 0.201. The average molecular weight is 247 g/mol. The number of rotatable bonds is 5. The first-order valence-electron chi connectivity index (χ1n) is 5.76. The van der Waals surface area contributed by atoms with Gasteiger partial charge in [0.15, 0.2) is 0 Å². The van der Waals surface area contributed by atoms with Crippen LogP contribution < -0.4 is 10.5 Å². The van der Waals surface area contributed by atoms with Crippen molar-refractivity contribution in [2.24, 2.45) is 5.73 Å². The SMILES string of the molecule is Cc1ccc(OC(CCN)c2cccs2)cc1. The summed E-state index contributed by atoms with van der Waals surface area (Å²) in [6.45, 7) is 2.70. The van der Waals surface area contributed by atoms with E-state index >= 15 is 0 Å². The van der Waals surface area contributed by atoms with Gasteiger partial charge in [0, 0.05) is 11.3 Å². The Morgan fingerprint density at radius 2 is 2.00 bits per heavy atom. The number of nitrogens with two attached hydrogens (primary N) is 1. The summed E-state index contributed by atoms with van der Waals surface area (Å²) in [6, 6.07) is 12.3. The lowest BCUT2D eigenvalue weighted by Crippen LogP contribution is -2.12. The van der Waals surface area contributed by atoms with Crippen LogP contribution in [0.3, 0.4) is 0 Å². The number of ether oxygens (including phenoxy) is 1. The Kier molecular flexibility index (Phi) is 4.18. The highest BCUT2D eigenvalue weighted by atomic mass is 32.1. The van der Waals surface area contributed by atoms with E-state index in [1.807, 2.05) is 18.2 Å². The van der Waals surface area contributed by atoms with Crippen molar-refractivity contribution in [1.29, 1.82) is 0 Å². The van der Waals surface area contributed by atoms with Gasteiger partial charge >= 0.3 is 0 Å². The maximum atomic E-state index is 5.98. The Hall–Kier alpha value is -1.32. The van der Waals surface area contributed by atoms with Crippen LogP contribution in [0.1, 0.15) is 23.0 Å². The normalized spacial score (nSPS) is 12.4. The smallest absolute Gasteiger partial charge is 0.134 e. The summed E-state index contributed by atoms with van der Waals surface area (Å²) in [5.41, 5.74) is 6.88. The van der Waals surface area contributed by atoms with Gasteiger partial charge in [-0.1, -0.05) is 23.8 Å². The van der Waals surface area contributed by atoms with E-state index in [4.69, 9.17) is 10.5 Å². The molecule has 0 fully saturated rings. The molecule has 90 valence electrons. The molecule has 2 aromatic rings. The van der Waals surface area contributed by atoms with Gasteiger partial charge in [0.05, 0.1) is 0 Å². The number of benzene rings is 1. The molecule has 1 atom stereocenters. The Bertz CT molecular complexity index is 436. The molecule has 0 aliphatic heterocycles. The van der Waals surface area contributed by atoms with Crippen LogP contribution in [0.4, 0.5) is 0 Å². The van der Waals surface area contributed by atoms with Crippen LogP contribution in [0.2, 0.25) is 0 Å². The highest BCUT2D eigenvalue weighted by molar-refractivity contribution is 7.10. The van der Waals surface area contributed by atoms with Crippen molar-refractivity contribution < 1.29 is 4.74 Å². The lowest BCUT2D eigenvalue weighted by Gasteiger charge is -2.17. The standard InChI is InChI=1S/C14H17NOS/c1-11-4-6-12(7-5-11)16-13(8-9-15)14-3-2-10-17-14/h2-7,10,13H,8-9,15H2,1H3. The van der Waals surface area contributed by atoms with E-state index in [0.29, 0.717) is 6.54 Å². The van der Waals surface area contributed by atoms with Gasteiger partial charge in [-0.2, -0.15) is 0 Å². The second-order valence-electron chi connectivity index (χ2n) is 4.01.